The molecule has 0 heterocycles. The maximum atomic E-state index is 3.29. The molecule has 0 radical (unpaired) electrons. The molecular formula is C2BrI3. The average Bonchev–Trinajstić information content (AvgIpc) is 1.36. The van der Waals surface area contributed by atoms with Crippen molar-refractivity contribution in [1.82, 2.24) is 0 Å². The second kappa shape index (κ2) is 4.30. The highest BCUT2D eigenvalue weighted by molar-refractivity contribution is 14.2. The molecule has 0 atom stereocenters. The molecule has 0 rings (SSSR count). The van der Waals surface area contributed by atoms with Crippen LogP contribution >= 0.6 is 83.7 Å². The van der Waals surface area contributed by atoms with Crippen LogP contribution < -0.4 is 0 Å². The maximum absolute atomic E-state index is 3.29. The summed E-state index contributed by atoms with van der Waals surface area (Å²) in [6, 6.07) is 0. The first-order chi connectivity index (χ1) is 2.64. The van der Waals surface area contributed by atoms with E-state index in [2.05, 4.69) is 83.7 Å². The van der Waals surface area contributed by atoms with Gasteiger partial charge in [-0.3, -0.25) is 0 Å². The van der Waals surface area contributed by atoms with Crippen LogP contribution in [0.25, 0.3) is 0 Å². The van der Waals surface area contributed by atoms with Crippen molar-refractivity contribution in [2.24, 2.45) is 0 Å². The average molecular weight is 485 g/mol. The summed E-state index contributed by atoms with van der Waals surface area (Å²) in [5, 5.41) is 0. The van der Waals surface area contributed by atoms with Gasteiger partial charge in [-0.25, -0.2) is 0 Å². The lowest BCUT2D eigenvalue weighted by atomic mass is 11.3. The molecule has 0 fully saturated rings. The van der Waals surface area contributed by atoms with E-state index in [1.165, 1.54) is 4.08 Å². The Labute approximate surface area is 86.1 Å². The fraction of sp³-hybridized carbons (Fsp3) is 0. The third kappa shape index (κ3) is 4.57. The number of hydrogen-bond donors (Lipinski definition) is 0. The van der Waals surface area contributed by atoms with Crippen molar-refractivity contribution in [3.05, 3.63) is 4.08 Å². The van der Waals surface area contributed by atoms with Crippen LogP contribution in [-0.4, -0.2) is 0 Å². The summed E-state index contributed by atoms with van der Waals surface area (Å²) in [5.41, 5.74) is 0. The highest BCUT2D eigenvalue weighted by Crippen LogP contribution is 2.29. The monoisotopic (exact) mass is 484 g/mol. The van der Waals surface area contributed by atoms with Crippen molar-refractivity contribution in [1.29, 1.82) is 0 Å². The lowest BCUT2D eigenvalue weighted by Gasteiger charge is -1.78. The van der Waals surface area contributed by atoms with E-state index < -0.39 is 0 Å². The van der Waals surface area contributed by atoms with Crippen LogP contribution in [0, 0.1) is 0 Å². The largest absolute Gasteiger partial charge is 0.0753 e. The van der Waals surface area contributed by atoms with E-state index in [9.17, 15) is 0 Å². The number of halogens is 4. The Hall–Kier alpha value is 2.41. The molecule has 0 bridgehead atoms. The topological polar surface area (TPSA) is 0 Å². The Morgan fingerprint density at radius 1 is 1.17 bits per heavy atom. The van der Waals surface area contributed by atoms with Crippen LogP contribution in [0.4, 0.5) is 0 Å². The molecule has 0 aromatic carbocycles. The fourth-order valence-electron chi connectivity index (χ4n) is 0. The molecular weight excluding hydrogens is 485 g/mol. The predicted octanol–water partition coefficient (Wildman–Crippen LogP) is 3.81. The molecule has 0 aromatic rings. The van der Waals surface area contributed by atoms with Crippen molar-refractivity contribution in [2.75, 3.05) is 0 Å². The highest BCUT2D eigenvalue weighted by Gasteiger charge is 1.85. The quantitative estimate of drug-likeness (QED) is 0.459. The molecule has 0 aliphatic rings. The van der Waals surface area contributed by atoms with Gasteiger partial charge in [-0.2, -0.15) is 0 Å². The van der Waals surface area contributed by atoms with Gasteiger partial charge in [-0.15, -0.1) is 0 Å². The molecule has 0 N–H and O–H groups in total. The molecule has 0 saturated heterocycles. The van der Waals surface area contributed by atoms with Crippen molar-refractivity contribution < 1.29 is 0 Å². The zero-order valence-corrected chi connectivity index (χ0v) is 10.6. The van der Waals surface area contributed by atoms with Crippen LogP contribution in [0.5, 0.6) is 0 Å². The van der Waals surface area contributed by atoms with Crippen LogP contribution in [0.3, 0.4) is 0 Å². The Bertz CT molecular complexity index is 58.9. The number of rotatable bonds is 0. The Balaban J connectivity index is 3.68. The van der Waals surface area contributed by atoms with Gasteiger partial charge in [0.25, 0.3) is 0 Å². The fourth-order valence-corrected chi connectivity index (χ4v) is 0. The molecule has 36 valence electrons. The van der Waals surface area contributed by atoms with Crippen LogP contribution in [0.1, 0.15) is 0 Å². The summed E-state index contributed by atoms with van der Waals surface area (Å²) in [7, 11) is 0. The van der Waals surface area contributed by atoms with Gasteiger partial charge < -0.3 is 0 Å². The first-order valence-corrected chi connectivity index (χ1v) is 5.04. The zero-order chi connectivity index (χ0) is 5.15. The lowest BCUT2D eigenvalue weighted by molar-refractivity contribution is 2.60. The summed E-state index contributed by atoms with van der Waals surface area (Å²) in [5.74, 6) is 0. The third-order valence-corrected chi connectivity index (χ3v) is 5.70. The zero-order valence-electron chi connectivity index (χ0n) is 2.51. The van der Waals surface area contributed by atoms with Crippen molar-refractivity contribution in [3.63, 3.8) is 0 Å². The summed E-state index contributed by atoms with van der Waals surface area (Å²) in [6.07, 6.45) is 0. The SMILES string of the molecule is BrC(I)=C(I)I. The van der Waals surface area contributed by atoms with E-state index in [1.54, 1.807) is 0 Å². The van der Waals surface area contributed by atoms with E-state index in [1.807, 2.05) is 0 Å². The van der Waals surface area contributed by atoms with Crippen molar-refractivity contribution >= 4 is 83.7 Å². The first kappa shape index (κ1) is 8.41. The molecule has 0 spiro atoms. The van der Waals surface area contributed by atoms with Crippen LogP contribution in [-0.2, 0) is 0 Å². The van der Waals surface area contributed by atoms with E-state index in [4.69, 9.17) is 0 Å². The second-order valence-electron chi connectivity index (χ2n) is 0.521. The van der Waals surface area contributed by atoms with Crippen LogP contribution in [0.15, 0.2) is 4.08 Å². The Morgan fingerprint density at radius 2 is 1.33 bits per heavy atom. The van der Waals surface area contributed by atoms with Gasteiger partial charge in [0.05, 0.1) is 4.08 Å². The Morgan fingerprint density at radius 3 is 1.33 bits per heavy atom. The van der Waals surface area contributed by atoms with Gasteiger partial charge in [-0.05, 0) is 83.7 Å². The highest BCUT2D eigenvalue weighted by atomic mass is 127. The summed E-state index contributed by atoms with van der Waals surface area (Å²) in [4.78, 5) is 0. The third-order valence-electron chi connectivity index (χ3n) is 0.143. The minimum atomic E-state index is 1.18. The van der Waals surface area contributed by atoms with Gasteiger partial charge in [0.2, 0.25) is 0 Å². The first-order valence-electron chi connectivity index (χ1n) is 1.01. The minimum absolute atomic E-state index is 1.18. The Kier molecular flexibility index (Phi) is 6.03. The van der Waals surface area contributed by atoms with Gasteiger partial charge in [0.15, 0.2) is 0 Å². The van der Waals surface area contributed by atoms with Gasteiger partial charge >= 0.3 is 0 Å². The van der Waals surface area contributed by atoms with E-state index in [-0.39, 0.29) is 0 Å². The summed E-state index contributed by atoms with van der Waals surface area (Å²) >= 11 is 9.99. The van der Waals surface area contributed by atoms with Crippen LogP contribution in [0.2, 0.25) is 0 Å². The molecule has 6 heavy (non-hydrogen) atoms. The lowest BCUT2D eigenvalue weighted by Crippen LogP contribution is -1.42. The van der Waals surface area contributed by atoms with E-state index >= 15 is 0 Å². The minimum Gasteiger partial charge on any atom is -0.0420 e. The predicted molar refractivity (Wildman–Crippen MR) is 58.0 cm³/mol. The van der Waals surface area contributed by atoms with Gasteiger partial charge in [0.1, 0.15) is 0 Å². The molecule has 0 aliphatic carbocycles. The molecule has 0 aromatic heterocycles. The molecule has 0 saturated carbocycles. The van der Waals surface area contributed by atoms with Crippen molar-refractivity contribution in [3.8, 4) is 0 Å². The van der Waals surface area contributed by atoms with E-state index in [0.717, 1.165) is 0 Å². The summed E-state index contributed by atoms with van der Waals surface area (Å²) in [6.45, 7) is 0. The number of hydrogen-bond acceptors (Lipinski definition) is 0. The van der Waals surface area contributed by atoms with Gasteiger partial charge in [-0.1, -0.05) is 0 Å². The van der Waals surface area contributed by atoms with E-state index in [0.29, 0.717) is 0 Å². The van der Waals surface area contributed by atoms with Gasteiger partial charge in [0, 0.05) is 0 Å². The molecule has 0 nitrogen and oxygen atoms in total. The molecule has 0 amide bonds. The van der Waals surface area contributed by atoms with Crippen molar-refractivity contribution in [2.45, 2.75) is 0 Å². The second-order valence-corrected chi connectivity index (χ2v) is 8.10. The maximum Gasteiger partial charge on any atom is 0.0753 e. The molecule has 0 unspecified atom stereocenters. The standard InChI is InChI=1S/C2BrI3/c3-1(4)2(5)6. The molecule has 0 aliphatic heterocycles. The smallest absolute Gasteiger partial charge is 0.0420 e. The molecule has 4 heteroatoms. The normalized spacial score (nSPS) is 8.00. The summed E-state index contributed by atoms with van der Waals surface area (Å²) < 4.78 is 2.45.